The smallest absolute Gasteiger partial charge is 0.251 e. The van der Waals surface area contributed by atoms with Gasteiger partial charge in [-0.1, -0.05) is 65.0 Å². The number of hydrogen-bond acceptors (Lipinski definition) is 2. The van der Waals surface area contributed by atoms with E-state index in [-0.39, 0.29) is 23.1 Å². The number of amides is 2. The van der Waals surface area contributed by atoms with Gasteiger partial charge in [-0.25, -0.2) is 0 Å². The highest BCUT2D eigenvalue weighted by Gasteiger charge is 2.25. The summed E-state index contributed by atoms with van der Waals surface area (Å²) in [6.45, 7) is 10.3. The second kappa shape index (κ2) is 8.17. The first-order valence-electron chi connectivity index (χ1n) is 8.96. The monoisotopic (exact) mass is 352 g/mol. The Bertz CT molecular complexity index is 744. The minimum absolute atomic E-state index is 0.0310. The molecule has 2 N–H and O–H groups in total. The molecule has 2 aromatic carbocycles. The van der Waals surface area contributed by atoms with Crippen LogP contribution in [0.4, 0.5) is 5.69 Å². The Kier molecular flexibility index (Phi) is 6.19. The van der Waals surface area contributed by atoms with E-state index in [1.807, 2.05) is 44.2 Å². The van der Waals surface area contributed by atoms with Crippen LogP contribution in [0.2, 0.25) is 0 Å². The van der Waals surface area contributed by atoms with Gasteiger partial charge in [0.1, 0.15) is 6.04 Å². The Morgan fingerprint density at radius 2 is 1.46 bits per heavy atom. The highest BCUT2D eigenvalue weighted by Crippen LogP contribution is 2.23. The molecule has 1 atom stereocenters. The van der Waals surface area contributed by atoms with Crippen LogP contribution in [0, 0.1) is 5.92 Å². The molecule has 0 aliphatic carbocycles. The van der Waals surface area contributed by atoms with Crippen LogP contribution in [0.3, 0.4) is 0 Å². The van der Waals surface area contributed by atoms with E-state index < -0.39 is 6.04 Å². The van der Waals surface area contributed by atoms with E-state index >= 15 is 0 Å². The van der Waals surface area contributed by atoms with Crippen LogP contribution in [0.5, 0.6) is 0 Å². The van der Waals surface area contributed by atoms with Crippen molar-refractivity contribution in [3.63, 3.8) is 0 Å². The summed E-state index contributed by atoms with van der Waals surface area (Å²) in [6.07, 6.45) is 0. The third-order valence-electron chi connectivity index (χ3n) is 4.29. The van der Waals surface area contributed by atoms with Crippen molar-refractivity contribution >= 4 is 17.5 Å². The predicted octanol–water partition coefficient (Wildman–Crippen LogP) is 4.38. The number of anilines is 1. The summed E-state index contributed by atoms with van der Waals surface area (Å²) in [5.74, 6) is -0.494. The van der Waals surface area contributed by atoms with Crippen LogP contribution in [-0.2, 0) is 10.2 Å². The first-order valence-corrected chi connectivity index (χ1v) is 8.96. The number of nitrogens with one attached hydrogen (secondary N) is 2. The molecule has 0 aliphatic heterocycles. The molecule has 2 rings (SSSR count). The van der Waals surface area contributed by atoms with E-state index in [4.69, 9.17) is 0 Å². The van der Waals surface area contributed by atoms with Gasteiger partial charge in [0.15, 0.2) is 0 Å². The summed E-state index contributed by atoms with van der Waals surface area (Å²) in [7, 11) is 0. The topological polar surface area (TPSA) is 58.2 Å². The summed E-state index contributed by atoms with van der Waals surface area (Å²) < 4.78 is 0. The molecule has 1 unspecified atom stereocenters. The Labute approximate surface area is 156 Å². The van der Waals surface area contributed by atoms with Gasteiger partial charge in [-0.2, -0.15) is 0 Å². The van der Waals surface area contributed by atoms with Crippen molar-refractivity contribution in [2.45, 2.75) is 46.1 Å². The normalized spacial score (nSPS) is 12.5. The van der Waals surface area contributed by atoms with Crippen LogP contribution in [0.1, 0.15) is 50.5 Å². The second-order valence-electron chi connectivity index (χ2n) is 7.88. The summed E-state index contributed by atoms with van der Waals surface area (Å²) >= 11 is 0. The summed E-state index contributed by atoms with van der Waals surface area (Å²) in [6, 6.07) is 16.1. The highest BCUT2D eigenvalue weighted by molar-refractivity contribution is 6.01. The molecule has 2 aromatic rings. The van der Waals surface area contributed by atoms with Gasteiger partial charge in [-0.05, 0) is 41.2 Å². The maximum atomic E-state index is 12.7. The molecule has 0 spiro atoms. The molecule has 0 heterocycles. The third-order valence-corrected chi connectivity index (χ3v) is 4.29. The Balaban J connectivity index is 2.07. The van der Waals surface area contributed by atoms with Crippen molar-refractivity contribution in [3.8, 4) is 0 Å². The molecular weight excluding hydrogens is 324 g/mol. The van der Waals surface area contributed by atoms with Crippen molar-refractivity contribution in [3.05, 3.63) is 65.7 Å². The lowest BCUT2D eigenvalue weighted by molar-refractivity contribution is -0.118. The molecular formula is C22H28N2O2. The van der Waals surface area contributed by atoms with Gasteiger partial charge in [-0.15, -0.1) is 0 Å². The average Bonchev–Trinajstić information content (AvgIpc) is 2.59. The Morgan fingerprint density at radius 1 is 0.885 bits per heavy atom. The molecule has 26 heavy (non-hydrogen) atoms. The number of hydrogen-bond donors (Lipinski definition) is 2. The van der Waals surface area contributed by atoms with Crippen molar-refractivity contribution < 1.29 is 9.59 Å². The number of benzene rings is 2. The van der Waals surface area contributed by atoms with Crippen LogP contribution in [0.15, 0.2) is 54.6 Å². The highest BCUT2D eigenvalue weighted by atomic mass is 16.2. The van der Waals surface area contributed by atoms with Crippen LogP contribution < -0.4 is 10.6 Å². The van der Waals surface area contributed by atoms with Crippen molar-refractivity contribution in [1.82, 2.24) is 5.32 Å². The molecule has 0 aromatic heterocycles. The average molecular weight is 352 g/mol. The first-order chi connectivity index (χ1) is 12.2. The second-order valence-corrected chi connectivity index (χ2v) is 7.88. The summed E-state index contributed by atoms with van der Waals surface area (Å²) in [5, 5.41) is 5.74. The fraction of sp³-hybridized carbons (Fsp3) is 0.364. The molecule has 0 bridgehead atoms. The zero-order valence-electron chi connectivity index (χ0n) is 16.2. The van der Waals surface area contributed by atoms with Crippen molar-refractivity contribution in [1.29, 1.82) is 0 Å². The van der Waals surface area contributed by atoms with Crippen LogP contribution >= 0.6 is 0 Å². The van der Waals surface area contributed by atoms with E-state index in [1.54, 1.807) is 24.3 Å². The fourth-order valence-electron chi connectivity index (χ4n) is 2.62. The number of carbonyl (C=O) groups excluding carboxylic acids is 2. The Hall–Kier alpha value is -2.62. The lowest BCUT2D eigenvalue weighted by Crippen LogP contribution is -2.47. The van der Waals surface area contributed by atoms with E-state index in [2.05, 4.69) is 31.4 Å². The maximum absolute atomic E-state index is 12.7. The summed E-state index contributed by atoms with van der Waals surface area (Å²) in [4.78, 5) is 25.1. The third kappa shape index (κ3) is 5.19. The SMILES string of the molecule is CC(C)C(NC(=O)c1ccccc1)C(=O)Nc1ccc(C(C)(C)C)cc1. The van der Waals surface area contributed by atoms with Crippen LogP contribution in [0.25, 0.3) is 0 Å². The number of carbonyl (C=O) groups is 2. The van der Waals surface area contributed by atoms with E-state index in [1.165, 1.54) is 5.56 Å². The maximum Gasteiger partial charge on any atom is 0.251 e. The standard InChI is InChI=1S/C22H28N2O2/c1-15(2)19(24-20(25)16-9-7-6-8-10-16)21(26)23-18-13-11-17(12-14-18)22(3,4)5/h6-15,19H,1-5H3,(H,23,26)(H,24,25). The van der Waals surface area contributed by atoms with Gasteiger partial charge < -0.3 is 10.6 Å². The molecule has 0 saturated carbocycles. The molecule has 138 valence electrons. The Morgan fingerprint density at radius 3 is 1.96 bits per heavy atom. The van der Waals surface area contributed by atoms with Gasteiger partial charge in [0.05, 0.1) is 0 Å². The first kappa shape index (κ1) is 19.7. The van der Waals surface area contributed by atoms with Gasteiger partial charge in [-0.3, -0.25) is 9.59 Å². The quantitative estimate of drug-likeness (QED) is 0.839. The van der Waals surface area contributed by atoms with Gasteiger partial charge >= 0.3 is 0 Å². The lowest BCUT2D eigenvalue weighted by Gasteiger charge is -2.22. The minimum atomic E-state index is -0.606. The molecule has 0 aliphatic rings. The minimum Gasteiger partial charge on any atom is -0.340 e. The molecule has 4 heteroatoms. The van der Waals surface area contributed by atoms with Crippen molar-refractivity contribution in [2.24, 2.45) is 5.92 Å². The van der Waals surface area contributed by atoms with Crippen molar-refractivity contribution in [2.75, 3.05) is 5.32 Å². The molecule has 0 fully saturated rings. The predicted molar refractivity (Wildman–Crippen MR) is 106 cm³/mol. The van der Waals surface area contributed by atoms with Gasteiger partial charge in [0.25, 0.3) is 5.91 Å². The van der Waals surface area contributed by atoms with E-state index in [0.717, 1.165) is 5.69 Å². The van der Waals surface area contributed by atoms with E-state index in [9.17, 15) is 9.59 Å². The van der Waals surface area contributed by atoms with Gasteiger partial charge in [0, 0.05) is 11.3 Å². The fourth-order valence-corrected chi connectivity index (χ4v) is 2.62. The summed E-state index contributed by atoms with van der Waals surface area (Å²) in [5.41, 5.74) is 2.53. The molecule has 0 radical (unpaired) electrons. The largest absolute Gasteiger partial charge is 0.340 e. The molecule has 2 amide bonds. The zero-order chi connectivity index (χ0) is 19.3. The van der Waals surface area contributed by atoms with Crippen LogP contribution in [-0.4, -0.2) is 17.9 Å². The lowest BCUT2D eigenvalue weighted by atomic mass is 9.87. The van der Waals surface area contributed by atoms with Gasteiger partial charge in [0.2, 0.25) is 5.91 Å². The molecule has 0 saturated heterocycles. The zero-order valence-corrected chi connectivity index (χ0v) is 16.2. The number of rotatable bonds is 5. The van der Waals surface area contributed by atoms with E-state index in [0.29, 0.717) is 5.56 Å². The molecule has 4 nitrogen and oxygen atoms in total.